The predicted octanol–water partition coefficient (Wildman–Crippen LogP) is 1.66. The summed E-state index contributed by atoms with van der Waals surface area (Å²) in [6.07, 6.45) is -0.476. The number of para-hydroxylation sites is 1. The average Bonchev–Trinajstić information content (AvgIpc) is 2.73. The highest BCUT2D eigenvalue weighted by Crippen LogP contribution is 2.40. The molecule has 0 spiro atoms. The van der Waals surface area contributed by atoms with Crippen LogP contribution in [-0.4, -0.2) is 24.0 Å². The van der Waals surface area contributed by atoms with Crippen LogP contribution in [0, 0.1) is 0 Å². The molecule has 0 fully saturated rings. The molecule has 0 saturated heterocycles. The summed E-state index contributed by atoms with van der Waals surface area (Å²) in [7, 11) is 0. The van der Waals surface area contributed by atoms with Crippen molar-refractivity contribution < 1.29 is 24.1 Å². The number of carboxylic acid groups (broad SMARTS) is 1. The molecule has 1 aliphatic heterocycles. The van der Waals surface area contributed by atoms with Gasteiger partial charge in [-0.15, -0.1) is 0 Å². The first-order chi connectivity index (χ1) is 7.72. The lowest BCUT2D eigenvalue weighted by Gasteiger charge is -2.14. The maximum Gasteiger partial charge on any atom is 0.344 e. The molecule has 1 heterocycles. The largest absolute Gasteiger partial charge is 0.479 e. The lowest BCUT2D eigenvalue weighted by atomic mass is 10.2. The van der Waals surface area contributed by atoms with Crippen molar-refractivity contribution in [1.29, 1.82) is 0 Å². The summed E-state index contributed by atoms with van der Waals surface area (Å²) in [5.41, 5.74) is 0. The summed E-state index contributed by atoms with van der Waals surface area (Å²) in [6.45, 7) is 1.89. The molecule has 1 unspecified atom stereocenters. The van der Waals surface area contributed by atoms with Gasteiger partial charge in [0, 0.05) is 0 Å². The van der Waals surface area contributed by atoms with Gasteiger partial charge in [0.2, 0.25) is 12.5 Å². The zero-order valence-corrected chi connectivity index (χ0v) is 8.80. The molecule has 5 nitrogen and oxygen atoms in total. The Hall–Kier alpha value is -1.91. The molecule has 1 N–H and O–H groups in total. The normalized spacial score (nSPS) is 14.6. The Balaban J connectivity index is 2.21. The molecule has 5 heteroatoms. The predicted molar refractivity (Wildman–Crippen MR) is 54.9 cm³/mol. The molecular formula is C11H12O5. The molecule has 1 aromatic rings. The Morgan fingerprint density at radius 3 is 3.06 bits per heavy atom. The van der Waals surface area contributed by atoms with Crippen LogP contribution < -0.4 is 14.2 Å². The standard InChI is InChI=1S/C11H12O5/c1-2-7(11(12)13)16-9-5-3-4-8-10(9)15-6-14-8/h3-5,7H,2,6H2,1H3,(H,12,13). The molecule has 1 aliphatic rings. The van der Waals surface area contributed by atoms with Gasteiger partial charge < -0.3 is 19.3 Å². The second kappa shape index (κ2) is 4.30. The first kappa shape index (κ1) is 10.6. The quantitative estimate of drug-likeness (QED) is 0.842. The van der Waals surface area contributed by atoms with Gasteiger partial charge in [-0.05, 0) is 18.6 Å². The summed E-state index contributed by atoms with van der Waals surface area (Å²) in [4.78, 5) is 10.8. The number of fused-ring (bicyclic) bond motifs is 1. The van der Waals surface area contributed by atoms with Crippen LogP contribution in [0.1, 0.15) is 13.3 Å². The number of ether oxygens (including phenoxy) is 3. The zero-order valence-electron chi connectivity index (χ0n) is 8.80. The summed E-state index contributed by atoms with van der Waals surface area (Å²) in [5, 5.41) is 8.89. The molecule has 0 radical (unpaired) electrons. The Bertz CT molecular complexity index is 401. The van der Waals surface area contributed by atoms with Crippen LogP contribution in [0.4, 0.5) is 0 Å². The van der Waals surface area contributed by atoms with Gasteiger partial charge in [-0.2, -0.15) is 0 Å². The van der Waals surface area contributed by atoms with E-state index in [1.54, 1.807) is 25.1 Å². The lowest BCUT2D eigenvalue weighted by molar-refractivity contribution is -0.145. The number of carboxylic acids is 1. The second-order valence-electron chi connectivity index (χ2n) is 3.34. The summed E-state index contributed by atoms with van der Waals surface area (Å²) in [6, 6.07) is 5.15. The van der Waals surface area contributed by atoms with Crippen LogP contribution in [0.3, 0.4) is 0 Å². The minimum absolute atomic E-state index is 0.138. The topological polar surface area (TPSA) is 65.0 Å². The maximum absolute atomic E-state index is 10.8. The Morgan fingerprint density at radius 1 is 1.56 bits per heavy atom. The van der Waals surface area contributed by atoms with Crippen molar-refractivity contribution in [2.75, 3.05) is 6.79 Å². The van der Waals surface area contributed by atoms with Gasteiger partial charge in [-0.1, -0.05) is 13.0 Å². The fourth-order valence-electron chi connectivity index (χ4n) is 1.46. The zero-order chi connectivity index (χ0) is 11.5. The molecule has 2 rings (SSSR count). The van der Waals surface area contributed by atoms with Crippen LogP contribution in [0.2, 0.25) is 0 Å². The monoisotopic (exact) mass is 224 g/mol. The van der Waals surface area contributed by atoms with Crippen molar-refractivity contribution in [3.8, 4) is 17.2 Å². The van der Waals surface area contributed by atoms with E-state index in [0.717, 1.165) is 0 Å². The first-order valence-corrected chi connectivity index (χ1v) is 5.00. The number of hydrogen-bond donors (Lipinski definition) is 1. The van der Waals surface area contributed by atoms with E-state index in [9.17, 15) is 4.79 Å². The summed E-state index contributed by atoms with van der Waals surface area (Å²) >= 11 is 0. The van der Waals surface area contributed by atoms with Crippen LogP contribution >= 0.6 is 0 Å². The van der Waals surface area contributed by atoms with E-state index in [-0.39, 0.29) is 6.79 Å². The summed E-state index contributed by atoms with van der Waals surface area (Å²) < 4.78 is 15.7. The van der Waals surface area contributed by atoms with E-state index in [1.807, 2.05) is 0 Å². The molecule has 0 bridgehead atoms. The minimum atomic E-state index is -0.987. The van der Waals surface area contributed by atoms with Gasteiger partial charge in [0.05, 0.1) is 0 Å². The molecule has 0 aromatic heterocycles. The van der Waals surface area contributed by atoms with Crippen LogP contribution in [0.25, 0.3) is 0 Å². The Morgan fingerprint density at radius 2 is 2.38 bits per heavy atom. The molecule has 0 aliphatic carbocycles. The molecular weight excluding hydrogens is 212 g/mol. The van der Waals surface area contributed by atoms with E-state index in [2.05, 4.69) is 0 Å². The highest BCUT2D eigenvalue weighted by molar-refractivity contribution is 5.73. The Kier molecular flexibility index (Phi) is 2.85. The van der Waals surface area contributed by atoms with Crippen molar-refractivity contribution in [3.63, 3.8) is 0 Å². The van der Waals surface area contributed by atoms with Crippen LogP contribution in [-0.2, 0) is 4.79 Å². The molecule has 1 atom stereocenters. The van der Waals surface area contributed by atoms with E-state index < -0.39 is 12.1 Å². The van der Waals surface area contributed by atoms with Crippen molar-refractivity contribution >= 4 is 5.97 Å². The molecule has 0 amide bonds. The smallest absolute Gasteiger partial charge is 0.344 e. The van der Waals surface area contributed by atoms with Gasteiger partial charge >= 0.3 is 5.97 Å². The van der Waals surface area contributed by atoms with Crippen LogP contribution in [0.5, 0.6) is 17.2 Å². The SMILES string of the molecule is CCC(Oc1cccc2c1OCO2)C(=O)O. The molecule has 16 heavy (non-hydrogen) atoms. The third-order valence-corrected chi connectivity index (χ3v) is 2.28. The second-order valence-corrected chi connectivity index (χ2v) is 3.34. The lowest BCUT2D eigenvalue weighted by Crippen LogP contribution is -2.26. The molecule has 86 valence electrons. The molecule has 1 aromatic carbocycles. The fourth-order valence-corrected chi connectivity index (χ4v) is 1.46. The van der Waals surface area contributed by atoms with Gasteiger partial charge in [0.25, 0.3) is 0 Å². The average molecular weight is 224 g/mol. The van der Waals surface area contributed by atoms with Crippen molar-refractivity contribution in [1.82, 2.24) is 0 Å². The Labute approximate surface area is 92.5 Å². The third kappa shape index (κ3) is 1.88. The number of hydrogen-bond acceptors (Lipinski definition) is 4. The van der Waals surface area contributed by atoms with Crippen molar-refractivity contribution in [2.24, 2.45) is 0 Å². The van der Waals surface area contributed by atoms with Gasteiger partial charge in [-0.25, -0.2) is 4.79 Å². The van der Waals surface area contributed by atoms with E-state index >= 15 is 0 Å². The molecule has 0 saturated carbocycles. The van der Waals surface area contributed by atoms with Crippen molar-refractivity contribution in [2.45, 2.75) is 19.4 Å². The maximum atomic E-state index is 10.8. The van der Waals surface area contributed by atoms with E-state index in [1.165, 1.54) is 0 Å². The highest BCUT2D eigenvalue weighted by atomic mass is 16.7. The summed E-state index contributed by atoms with van der Waals surface area (Å²) in [5.74, 6) is 0.475. The number of rotatable bonds is 4. The highest BCUT2D eigenvalue weighted by Gasteiger charge is 2.23. The van der Waals surface area contributed by atoms with Gasteiger partial charge in [0.15, 0.2) is 17.6 Å². The minimum Gasteiger partial charge on any atom is -0.479 e. The number of carbonyl (C=O) groups is 1. The van der Waals surface area contributed by atoms with Crippen LogP contribution in [0.15, 0.2) is 18.2 Å². The van der Waals surface area contributed by atoms with E-state index in [0.29, 0.717) is 23.7 Å². The van der Waals surface area contributed by atoms with Gasteiger partial charge in [-0.3, -0.25) is 0 Å². The van der Waals surface area contributed by atoms with Crippen molar-refractivity contribution in [3.05, 3.63) is 18.2 Å². The number of aliphatic carboxylic acids is 1. The fraction of sp³-hybridized carbons (Fsp3) is 0.364. The first-order valence-electron chi connectivity index (χ1n) is 5.00. The number of benzene rings is 1. The third-order valence-electron chi connectivity index (χ3n) is 2.28. The van der Waals surface area contributed by atoms with Gasteiger partial charge in [0.1, 0.15) is 0 Å². The van der Waals surface area contributed by atoms with E-state index in [4.69, 9.17) is 19.3 Å².